The summed E-state index contributed by atoms with van der Waals surface area (Å²) in [5.74, 6) is 0.804. The second kappa shape index (κ2) is 8.62. The van der Waals surface area contributed by atoms with Crippen LogP contribution in [0, 0.1) is 5.92 Å². The molecule has 0 saturated carbocycles. The highest BCUT2D eigenvalue weighted by molar-refractivity contribution is 5.19. The van der Waals surface area contributed by atoms with Crippen molar-refractivity contribution in [1.82, 2.24) is 15.1 Å². The molecule has 0 radical (unpaired) electrons. The Morgan fingerprint density at radius 2 is 1.87 bits per heavy atom. The zero-order chi connectivity index (χ0) is 15.9. The van der Waals surface area contributed by atoms with Gasteiger partial charge in [-0.1, -0.05) is 42.5 Å². The molecule has 23 heavy (non-hydrogen) atoms. The summed E-state index contributed by atoms with van der Waals surface area (Å²) < 4.78 is 0. The second-order valence-electron chi connectivity index (χ2n) is 7.13. The van der Waals surface area contributed by atoms with Gasteiger partial charge in [0.2, 0.25) is 0 Å². The van der Waals surface area contributed by atoms with E-state index in [0.29, 0.717) is 6.04 Å². The van der Waals surface area contributed by atoms with Crippen LogP contribution in [0.15, 0.2) is 42.5 Å². The molecule has 1 fully saturated rings. The Bertz CT molecular complexity index is 477. The molecule has 0 bridgehead atoms. The van der Waals surface area contributed by atoms with Gasteiger partial charge in [-0.3, -0.25) is 4.90 Å². The summed E-state index contributed by atoms with van der Waals surface area (Å²) in [6.07, 6.45) is 8.51. The maximum Gasteiger partial charge on any atom is 0.0449 e. The molecule has 0 spiro atoms. The molecule has 1 N–H and O–H groups in total. The van der Waals surface area contributed by atoms with Gasteiger partial charge in [-0.2, -0.15) is 0 Å². The summed E-state index contributed by atoms with van der Waals surface area (Å²) in [5.41, 5.74) is 1.43. The highest BCUT2D eigenvalue weighted by atomic mass is 15.3. The van der Waals surface area contributed by atoms with Gasteiger partial charge in [0.05, 0.1) is 0 Å². The van der Waals surface area contributed by atoms with Crippen LogP contribution in [0.2, 0.25) is 0 Å². The van der Waals surface area contributed by atoms with Gasteiger partial charge >= 0.3 is 0 Å². The SMILES string of the molecule is CN1CCN(C[C@@H](NC[C@@H]2CC=CCC2)c2ccccc2)CC1. The zero-order valence-corrected chi connectivity index (χ0v) is 14.5. The average molecular weight is 313 g/mol. The third-order valence-corrected chi connectivity index (χ3v) is 5.27. The zero-order valence-electron chi connectivity index (χ0n) is 14.5. The lowest BCUT2D eigenvalue weighted by Crippen LogP contribution is -2.47. The molecule has 126 valence electrons. The van der Waals surface area contributed by atoms with Crippen molar-refractivity contribution in [2.24, 2.45) is 5.92 Å². The Balaban J connectivity index is 1.58. The number of benzene rings is 1. The monoisotopic (exact) mass is 313 g/mol. The van der Waals surface area contributed by atoms with Crippen molar-refractivity contribution in [3.63, 3.8) is 0 Å². The third kappa shape index (κ3) is 5.17. The maximum atomic E-state index is 3.88. The second-order valence-corrected chi connectivity index (χ2v) is 7.13. The number of rotatable bonds is 6. The van der Waals surface area contributed by atoms with Crippen molar-refractivity contribution in [2.45, 2.75) is 25.3 Å². The van der Waals surface area contributed by atoms with E-state index >= 15 is 0 Å². The van der Waals surface area contributed by atoms with Crippen molar-refractivity contribution in [1.29, 1.82) is 0 Å². The van der Waals surface area contributed by atoms with Crippen molar-refractivity contribution in [3.05, 3.63) is 48.0 Å². The molecule has 1 heterocycles. The molecule has 1 aromatic carbocycles. The Morgan fingerprint density at radius 1 is 1.09 bits per heavy atom. The summed E-state index contributed by atoms with van der Waals surface area (Å²) in [7, 11) is 2.22. The number of nitrogens with one attached hydrogen (secondary N) is 1. The number of piperazine rings is 1. The van der Waals surface area contributed by atoms with E-state index in [-0.39, 0.29) is 0 Å². The summed E-state index contributed by atoms with van der Waals surface area (Å²) >= 11 is 0. The summed E-state index contributed by atoms with van der Waals surface area (Å²) in [6.45, 7) is 7.02. The van der Waals surface area contributed by atoms with Crippen molar-refractivity contribution in [2.75, 3.05) is 46.3 Å². The number of hydrogen-bond acceptors (Lipinski definition) is 3. The lowest BCUT2D eigenvalue weighted by molar-refractivity contribution is 0.141. The number of hydrogen-bond donors (Lipinski definition) is 1. The third-order valence-electron chi connectivity index (χ3n) is 5.27. The van der Waals surface area contributed by atoms with Gasteiger partial charge in [0.15, 0.2) is 0 Å². The molecular weight excluding hydrogens is 282 g/mol. The van der Waals surface area contributed by atoms with Gasteiger partial charge in [0.1, 0.15) is 0 Å². The summed E-state index contributed by atoms with van der Waals surface area (Å²) in [5, 5.41) is 3.88. The topological polar surface area (TPSA) is 18.5 Å². The molecule has 0 unspecified atom stereocenters. The fourth-order valence-electron chi connectivity index (χ4n) is 3.61. The Kier molecular flexibility index (Phi) is 6.26. The van der Waals surface area contributed by atoms with Crippen molar-refractivity contribution < 1.29 is 0 Å². The number of likely N-dealkylation sites (N-methyl/N-ethyl adjacent to an activating group) is 1. The quantitative estimate of drug-likeness (QED) is 0.815. The Morgan fingerprint density at radius 3 is 2.57 bits per heavy atom. The van der Waals surface area contributed by atoms with Crippen LogP contribution in [-0.4, -0.2) is 56.1 Å². The van der Waals surface area contributed by atoms with E-state index in [0.717, 1.165) is 19.0 Å². The largest absolute Gasteiger partial charge is 0.309 e. The molecule has 2 aliphatic rings. The Hall–Kier alpha value is -1.16. The van der Waals surface area contributed by atoms with E-state index in [1.165, 1.54) is 51.0 Å². The van der Waals surface area contributed by atoms with Crippen LogP contribution in [0.5, 0.6) is 0 Å². The fourth-order valence-corrected chi connectivity index (χ4v) is 3.61. The first kappa shape index (κ1) is 16.7. The minimum absolute atomic E-state index is 0.450. The van der Waals surface area contributed by atoms with Crippen LogP contribution in [0.25, 0.3) is 0 Å². The average Bonchev–Trinajstić information content (AvgIpc) is 2.62. The van der Waals surface area contributed by atoms with Gasteiger partial charge in [0.25, 0.3) is 0 Å². The first-order chi connectivity index (χ1) is 11.3. The molecule has 1 saturated heterocycles. The van der Waals surface area contributed by atoms with Crippen molar-refractivity contribution >= 4 is 0 Å². The van der Waals surface area contributed by atoms with Gasteiger partial charge < -0.3 is 10.2 Å². The summed E-state index contributed by atoms with van der Waals surface area (Å²) in [4.78, 5) is 5.04. The van der Waals surface area contributed by atoms with Crippen molar-refractivity contribution in [3.8, 4) is 0 Å². The van der Waals surface area contributed by atoms with Gasteiger partial charge in [0, 0.05) is 38.8 Å². The first-order valence-electron chi connectivity index (χ1n) is 9.15. The normalized spacial score (nSPS) is 24.7. The van der Waals surface area contributed by atoms with Crippen LogP contribution in [0.1, 0.15) is 30.9 Å². The smallest absolute Gasteiger partial charge is 0.0449 e. The molecule has 1 aliphatic heterocycles. The molecule has 3 nitrogen and oxygen atoms in total. The van der Waals surface area contributed by atoms with Crippen LogP contribution >= 0.6 is 0 Å². The van der Waals surface area contributed by atoms with Gasteiger partial charge in [-0.05, 0) is 44.3 Å². The predicted molar refractivity (Wildman–Crippen MR) is 97.6 cm³/mol. The molecule has 0 aromatic heterocycles. The van der Waals surface area contributed by atoms with E-state index in [1.54, 1.807) is 0 Å². The Labute approximate surface area is 141 Å². The highest BCUT2D eigenvalue weighted by Gasteiger charge is 2.20. The summed E-state index contributed by atoms with van der Waals surface area (Å²) in [6, 6.07) is 11.4. The van der Waals surface area contributed by atoms with E-state index in [9.17, 15) is 0 Å². The van der Waals surface area contributed by atoms with Crippen LogP contribution < -0.4 is 5.32 Å². The molecule has 1 aliphatic carbocycles. The molecule has 0 amide bonds. The number of allylic oxidation sites excluding steroid dienone is 2. The molecule has 3 heteroatoms. The van der Waals surface area contributed by atoms with Gasteiger partial charge in [-0.25, -0.2) is 0 Å². The molecular formula is C20H31N3. The van der Waals surface area contributed by atoms with Gasteiger partial charge in [-0.15, -0.1) is 0 Å². The maximum absolute atomic E-state index is 3.88. The lowest BCUT2D eigenvalue weighted by Gasteiger charge is -2.35. The van der Waals surface area contributed by atoms with E-state index in [2.05, 4.69) is 64.6 Å². The van der Waals surface area contributed by atoms with E-state index < -0.39 is 0 Å². The first-order valence-corrected chi connectivity index (χ1v) is 9.15. The predicted octanol–water partition coefficient (Wildman–Crippen LogP) is 2.92. The van der Waals surface area contributed by atoms with Crippen LogP contribution in [-0.2, 0) is 0 Å². The van der Waals surface area contributed by atoms with Crippen LogP contribution in [0.4, 0.5) is 0 Å². The van der Waals surface area contributed by atoms with E-state index in [4.69, 9.17) is 0 Å². The standard InChI is InChI=1S/C20H31N3/c1-22-12-14-23(15-13-22)17-20(19-10-6-3-7-11-19)21-16-18-8-4-2-5-9-18/h2-4,6-7,10-11,18,20-21H,5,8-9,12-17H2,1H3/t18-,20-/m1/s1. The highest BCUT2D eigenvalue weighted by Crippen LogP contribution is 2.20. The molecule has 1 aromatic rings. The minimum atomic E-state index is 0.450. The van der Waals surface area contributed by atoms with E-state index in [1.807, 2.05) is 0 Å². The van der Waals surface area contributed by atoms with Crippen LogP contribution in [0.3, 0.4) is 0 Å². The minimum Gasteiger partial charge on any atom is -0.309 e. The number of nitrogens with zero attached hydrogens (tertiary/aromatic N) is 2. The molecule has 3 rings (SSSR count). The fraction of sp³-hybridized carbons (Fsp3) is 0.600. The lowest BCUT2D eigenvalue weighted by atomic mass is 9.94. The molecule has 2 atom stereocenters.